The highest BCUT2D eigenvalue weighted by Gasteiger charge is 2.31. The highest BCUT2D eigenvalue weighted by molar-refractivity contribution is 5.83. The van der Waals surface area contributed by atoms with E-state index in [-0.39, 0.29) is 17.9 Å². The maximum Gasteiger partial charge on any atom is 0.268 e. The number of unbranched alkanes of at least 4 members (excludes halogenated alkanes) is 1. The second kappa shape index (κ2) is 10.6. The van der Waals surface area contributed by atoms with Crippen LogP contribution >= 0.6 is 0 Å². The van der Waals surface area contributed by atoms with Crippen LogP contribution in [0, 0.1) is 0 Å². The van der Waals surface area contributed by atoms with Gasteiger partial charge in [0.2, 0.25) is 12.0 Å². The zero-order chi connectivity index (χ0) is 20.5. The number of rotatable bonds is 8. The van der Waals surface area contributed by atoms with Crippen LogP contribution in [0.5, 0.6) is 5.75 Å². The summed E-state index contributed by atoms with van der Waals surface area (Å²) in [6.07, 6.45) is 3.39. The summed E-state index contributed by atoms with van der Waals surface area (Å²) in [4.78, 5) is 27.1. The smallest absolute Gasteiger partial charge is 0.268 e. The van der Waals surface area contributed by atoms with E-state index in [1.54, 1.807) is 0 Å². The monoisotopic (exact) mass is 394 g/mol. The van der Waals surface area contributed by atoms with Crippen molar-refractivity contribution < 1.29 is 14.3 Å². The summed E-state index contributed by atoms with van der Waals surface area (Å²) in [6.45, 7) is 3.33. The molecule has 3 rings (SSSR count). The van der Waals surface area contributed by atoms with E-state index in [1.807, 2.05) is 65.6 Å². The van der Waals surface area contributed by atoms with Gasteiger partial charge in [-0.2, -0.15) is 0 Å². The molecule has 0 saturated carbocycles. The molecule has 1 aliphatic rings. The summed E-state index contributed by atoms with van der Waals surface area (Å²) in [5.41, 5.74) is 0.844. The van der Waals surface area contributed by atoms with Crippen molar-refractivity contribution in [2.75, 3.05) is 13.1 Å². The van der Waals surface area contributed by atoms with Crippen LogP contribution in [0.1, 0.15) is 50.7 Å². The fourth-order valence-electron chi connectivity index (χ4n) is 3.57. The Balaban J connectivity index is 1.62. The molecule has 29 heavy (non-hydrogen) atoms. The Morgan fingerprint density at radius 2 is 1.66 bits per heavy atom. The topological polar surface area (TPSA) is 58.6 Å². The molecular weight excluding hydrogens is 364 g/mol. The predicted molar refractivity (Wildman–Crippen MR) is 114 cm³/mol. The number of carbonyl (C=O) groups excluding carboxylic acids is 2. The summed E-state index contributed by atoms with van der Waals surface area (Å²) < 4.78 is 6.09. The maximum absolute atomic E-state index is 13.3. The standard InChI is InChI=1S/C24H30N2O3/c1-2-3-14-22(27)25-20-15-17-26(18-16-20)24(28)23(19-10-6-4-7-11-19)29-21-12-8-5-9-13-21/h4-13,20,23H,2-3,14-18H2,1H3,(H,25,27)/t23-/m1/s1. The number of ether oxygens (including phenoxy) is 1. The average molecular weight is 395 g/mol. The fraction of sp³-hybridized carbons (Fsp3) is 0.417. The third kappa shape index (κ3) is 6.08. The van der Waals surface area contributed by atoms with E-state index < -0.39 is 6.10 Å². The van der Waals surface area contributed by atoms with Gasteiger partial charge in [0.25, 0.3) is 5.91 Å². The molecule has 1 atom stereocenters. The molecule has 154 valence electrons. The summed E-state index contributed by atoms with van der Waals surface area (Å²) in [7, 11) is 0. The fourth-order valence-corrected chi connectivity index (χ4v) is 3.57. The highest BCUT2D eigenvalue weighted by atomic mass is 16.5. The van der Waals surface area contributed by atoms with Crippen molar-refractivity contribution in [3.05, 3.63) is 66.2 Å². The van der Waals surface area contributed by atoms with Gasteiger partial charge in [-0.05, 0) is 31.4 Å². The zero-order valence-electron chi connectivity index (χ0n) is 17.0. The summed E-state index contributed by atoms with van der Waals surface area (Å²) in [6, 6.07) is 19.2. The Morgan fingerprint density at radius 3 is 2.28 bits per heavy atom. The van der Waals surface area contributed by atoms with Gasteiger partial charge in [-0.3, -0.25) is 9.59 Å². The van der Waals surface area contributed by atoms with Gasteiger partial charge in [-0.25, -0.2) is 0 Å². The molecule has 2 amide bonds. The largest absolute Gasteiger partial charge is 0.476 e. The minimum atomic E-state index is -0.672. The Labute approximate surface area is 173 Å². The first-order chi connectivity index (χ1) is 14.2. The van der Waals surface area contributed by atoms with Crippen LogP contribution < -0.4 is 10.1 Å². The molecular formula is C24H30N2O3. The van der Waals surface area contributed by atoms with Gasteiger partial charge in [0.1, 0.15) is 5.75 Å². The Bertz CT molecular complexity index is 771. The van der Waals surface area contributed by atoms with Gasteiger partial charge in [0.15, 0.2) is 0 Å². The van der Waals surface area contributed by atoms with Gasteiger partial charge in [-0.1, -0.05) is 61.9 Å². The summed E-state index contributed by atoms with van der Waals surface area (Å²) >= 11 is 0. The van der Waals surface area contributed by atoms with E-state index in [2.05, 4.69) is 12.2 Å². The average Bonchev–Trinajstić information content (AvgIpc) is 2.77. The molecule has 0 spiro atoms. The van der Waals surface area contributed by atoms with Crippen molar-refractivity contribution >= 4 is 11.8 Å². The number of carbonyl (C=O) groups is 2. The predicted octanol–water partition coefficient (Wildman–Crippen LogP) is 4.10. The molecule has 1 aliphatic heterocycles. The van der Waals surface area contributed by atoms with Crippen molar-refractivity contribution in [3.8, 4) is 5.75 Å². The number of amides is 2. The van der Waals surface area contributed by atoms with Crippen LogP contribution in [0.25, 0.3) is 0 Å². The van der Waals surface area contributed by atoms with Crippen molar-refractivity contribution in [1.29, 1.82) is 0 Å². The molecule has 0 unspecified atom stereocenters. The zero-order valence-corrected chi connectivity index (χ0v) is 17.0. The third-order valence-corrected chi connectivity index (χ3v) is 5.25. The minimum absolute atomic E-state index is 0.0317. The van der Waals surface area contributed by atoms with Crippen LogP contribution in [-0.4, -0.2) is 35.8 Å². The second-order valence-electron chi connectivity index (χ2n) is 7.49. The van der Waals surface area contributed by atoms with Crippen molar-refractivity contribution in [2.24, 2.45) is 0 Å². The molecule has 2 aromatic carbocycles. The number of likely N-dealkylation sites (tertiary alicyclic amines) is 1. The number of piperidine rings is 1. The van der Waals surface area contributed by atoms with Crippen molar-refractivity contribution in [3.63, 3.8) is 0 Å². The number of benzene rings is 2. The Kier molecular flexibility index (Phi) is 7.68. The molecule has 5 heteroatoms. The molecule has 1 fully saturated rings. The number of para-hydroxylation sites is 1. The van der Waals surface area contributed by atoms with Crippen LogP contribution in [0.4, 0.5) is 0 Å². The van der Waals surface area contributed by atoms with E-state index in [4.69, 9.17) is 4.74 Å². The third-order valence-electron chi connectivity index (χ3n) is 5.25. The number of hydrogen-bond donors (Lipinski definition) is 1. The molecule has 1 saturated heterocycles. The molecule has 1 N–H and O–H groups in total. The van der Waals surface area contributed by atoms with E-state index in [0.717, 1.165) is 31.2 Å². The number of nitrogens with zero attached hydrogens (tertiary/aromatic N) is 1. The van der Waals surface area contributed by atoms with Crippen LogP contribution in [0.2, 0.25) is 0 Å². The number of nitrogens with one attached hydrogen (secondary N) is 1. The highest BCUT2D eigenvalue weighted by Crippen LogP contribution is 2.25. The SMILES string of the molecule is CCCCC(=O)NC1CCN(C(=O)[C@H](Oc2ccccc2)c2ccccc2)CC1. The van der Waals surface area contributed by atoms with Crippen LogP contribution in [-0.2, 0) is 9.59 Å². The van der Waals surface area contributed by atoms with Gasteiger partial charge in [0.05, 0.1) is 0 Å². The quantitative estimate of drug-likeness (QED) is 0.733. The van der Waals surface area contributed by atoms with Crippen LogP contribution in [0.3, 0.4) is 0 Å². The molecule has 0 aromatic heterocycles. The molecule has 1 heterocycles. The molecule has 5 nitrogen and oxygen atoms in total. The Morgan fingerprint density at radius 1 is 1.03 bits per heavy atom. The summed E-state index contributed by atoms with van der Waals surface area (Å²) in [5.74, 6) is 0.759. The van der Waals surface area contributed by atoms with Gasteiger partial charge in [-0.15, -0.1) is 0 Å². The molecule has 0 aliphatic carbocycles. The molecule has 0 radical (unpaired) electrons. The first-order valence-electron chi connectivity index (χ1n) is 10.5. The number of hydrogen-bond acceptors (Lipinski definition) is 3. The lowest BCUT2D eigenvalue weighted by Crippen LogP contribution is -2.48. The summed E-state index contributed by atoms with van der Waals surface area (Å²) in [5, 5.41) is 3.11. The lowest BCUT2D eigenvalue weighted by Gasteiger charge is -2.34. The lowest BCUT2D eigenvalue weighted by atomic mass is 10.0. The first-order valence-corrected chi connectivity index (χ1v) is 10.5. The van der Waals surface area contributed by atoms with Crippen molar-refractivity contribution in [1.82, 2.24) is 10.2 Å². The van der Waals surface area contributed by atoms with E-state index in [1.165, 1.54) is 0 Å². The van der Waals surface area contributed by atoms with Crippen LogP contribution in [0.15, 0.2) is 60.7 Å². The minimum Gasteiger partial charge on any atom is -0.476 e. The van der Waals surface area contributed by atoms with Gasteiger partial charge in [0, 0.05) is 31.1 Å². The van der Waals surface area contributed by atoms with E-state index >= 15 is 0 Å². The normalized spacial score (nSPS) is 15.6. The lowest BCUT2D eigenvalue weighted by molar-refractivity contribution is -0.140. The van der Waals surface area contributed by atoms with E-state index in [9.17, 15) is 9.59 Å². The van der Waals surface area contributed by atoms with Gasteiger partial charge >= 0.3 is 0 Å². The molecule has 2 aromatic rings. The Hall–Kier alpha value is -2.82. The second-order valence-corrected chi connectivity index (χ2v) is 7.49. The maximum atomic E-state index is 13.3. The molecule has 0 bridgehead atoms. The van der Waals surface area contributed by atoms with Crippen molar-refractivity contribution in [2.45, 2.75) is 51.2 Å². The van der Waals surface area contributed by atoms with Gasteiger partial charge < -0.3 is 15.0 Å². The first kappa shape index (κ1) is 20.9. The van der Waals surface area contributed by atoms with E-state index in [0.29, 0.717) is 25.3 Å².